The number of fused-ring (bicyclic) bond motifs is 4. The first-order valence-electron chi connectivity index (χ1n) is 9.24. The lowest BCUT2D eigenvalue weighted by Crippen LogP contribution is -2.24. The fourth-order valence-corrected chi connectivity index (χ4v) is 3.62. The lowest BCUT2D eigenvalue weighted by atomic mass is 10.0. The summed E-state index contributed by atoms with van der Waals surface area (Å²) in [4.78, 5) is 18.1. The molecule has 4 N–H and O–H groups in total. The van der Waals surface area contributed by atoms with Crippen LogP contribution in [0.4, 0.5) is 0 Å². The van der Waals surface area contributed by atoms with Gasteiger partial charge in [0.2, 0.25) is 0 Å². The standard InChI is InChI=1S/C22H23N3O.H3N/c1-3-4-13-23-21-15(2)14-20-24-18-11-7-5-9-16(18)22(26)25(20)19-12-8-6-10-17(19)21;/h5-12,23H,3-4,13-14H2,1-2H3;1H3. The van der Waals surface area contributed by atoms with Crippen molar-refractivity contribution in [3.8, 4) is 5.69 Å². The van der Waals surface area contributed by atoms with Gasteiger partial charge < -0.3 is 11.5 Å². The lowest BCUT2D eigenvalue weighted by molar-refractivity contribution is 0.741. The third-order valence-electron chi connectivity index (χ3n) is 4.94. The van der Waals surface area contributed by atoms with Crippen molar-refractivity contribution in [2.24, 2.45) is 0 Å². The highest BCUT2D eigenvalue weighted by Crippen LogP contribution is 2.29. The number of para-hydroxylation sites is 2. The molecule has 0 bridgehead atoms. The summed E-state index contributed by atoms with van der Waals surface area (Å²) < 4.78 is 1.79. The molecule has 0 aliphatic carbocycles. The molecule has 2 aromatic carbocycles. The molecule has 140 valence electrons. The van der Waals surface area contributed by atoms with Crippen LogP contribution in [0.1, 0.15) is 38.1 Å². The average molecular weight is 362 g/mol. The van der Waals surface area contributed by atoms with Gasteiger partial charge in [0.25, 0.3) is 5.56 Å². The summed E-state index contributed by atoms with van der Waals surface area (Å²) >= 11 is 0. The molecule has 1 aromatic heterocycles. The molecule has 2 heterocycles. The zero-order valence-corrected chi connectivity index (χ0v) is 16.0. The minimum Gasteiger partial charge on any atom is -0.385 e. The highest BCUT2D eigenvalue weighted by atomic mass is 16.1. The van der Waals surface area contributed by atoms with Crippen molar-refractivity contribution in [2.75, 3.05) is 6.54 Å². The van der Waals surface area contributed by atoms with Crippen LogP contribution in [0.2, 0.25) is 0 Å². The van der Waals surface area contributed by atoms with Crippen molar-refractivity contribution in [1.29, 1.82) is 0 Å². The third kappa shape index (κ3) is 3.26. The molecule has 4 rings (SSSR count). The molecule has 0 radical (unpaired) electrons. The van der Waals surface area contributed by atoms with Crippen LogP contribution >= 0.6 is 0 Å². The molecular formula is C22H26N4O. The molecule has 5 nitrogen and oxygen atoms in total. The van der Waals surface area contributed by atoms with Gasteiger partial charge in [-0.05, 0) is 37.1 Å². The van der Waals surface area contributed by atoms with Gasteiger partial charge in [-0.3, -0.25) is 9.36 Å². The summed E-state index contributed by atoms with van der Waals surface area (Å²) in [6.45, 7) is 5.25. The molecular weight excluding hydrogens is 336 g/mol. The van der Waals surface area contributed by atoms with E-state index in [9.17, 15) is 4.79 Å². The van der Waals surface area contributed by atoms with Gasteiger partial charge >= 0.3 is 0 Å². The van der Waals surface area contributed by atoms with Gasteiger partial charge in [-0.1, -0.05) is 43.7 Å². The Kier molecular flexibility index (Phi) is 5.42. The highest BCUT2D eigenvalue weighted by molar-refractivity contribution is 5.80. The Labute approximate surface area is 159 Å². The van der Waals surface area contributed by atoms with Gasteiger partial charge in [-0.2, -0.15) is 0 Å². The second kappa shape index (κ2) is 7.76. The lowest BCUT2D eigenvalue weighted by Gasteiger charge is -2.16. The van der Waals surface area contributed by atoms with Gasteiger partial charge in [0.05, 0.1) is 16.6 Å². The number of hydrogen-bond acceptors (Lipinski definition) is 4. The Bertz CT molecular complexity index is 1070. The third-order valence-corrected chi connectivity index (χ3v) is 4.94. The van der Waals surface area contributed by atoms with Crippen LogP contribution in [-0.2, 0) is 6.42 Å². The first kappa shape index (κ1) is 18.9. The summed E-state index contributed by atoms with van der Waals surface area (Å²) in [7, 11) is 0. The molecule has 5 heteroatoms. The van der Waals surface area contributed by atoms with Gasteiger partial charge in [-0.15, -0.1) is 0 Å². The molecule has 3 aromatic rings. The Morgan fingerprint density at radius 1 is 1.11 bits per heavy atom. The van der Waals surface area contributed by atoms with E-state index >= 15 is 0 Å². The van der Waals surface area contributed by atoms with Gasteiger partial charge in [0, 0.05) is 24.2 Å². The van der Waals surface area contributed by atoms with E-state index in [0.29, 0.717) is 11.8 Å². The van der Waals surface area contributed by atoms with Gasteiger partial charge in [0.15, 0.2) is 0 Å². The second-order valence-corrected chi connectivity index (χ2v) is 6.82. The van der Waals surface area contributed by atoms with E-state index in [1.165, 1.54) is 5.57 Å². The largest absolute Gasteiger partial charge is 0.385 e. The first-order valence-corrected chi connectivity index (χ1v) is 9.24. The van der Waals surface area contributed by atoms with Crippen LogP contribution in [0.3, 0.4) is 0 Å². The Hall–Kier alpha value is -2.92. The van der Waals surface area contributed by atoms with E-state index < -0.39 is 0 Å². The first-order chi connectivity index (χ1) is 12.7. The van der Waals surface area contributed by atoms with Gasteiger partial charge in [-0.25, -0.2) is 4.98 Å². The smallest absolute Gasteiger partial charge is 0.265 e. The molecule has 0 unspecified atom stereocenters. The molecule has 0 amide bonds. The number of nitrogens with one attached hydrogen (secondary N) is 1. The van der Waals surface area contributed by atoms with E-state index in [1.807, 2.05) is 42.5 Å². The fourth-order valence-electron chi connectivity index (χ4n) is 3.62. The average Bonchev–Trinajstić information content (AvgIpc) is 2.77. The normalized spacial score (nSPS) is 12.8. The van der Waals surface area contributed by atoms with E-state index in [-0.39, 0.29) is 11.7 Å². The number of benzene rings is 2. The van der Waals surface area contributed by atoms with Crippen LogP contribution in [0.15, 0.2) is 58.9 Å². The van der Waals surface area contributed by atoms with Crippen LogP contribution in [0, 0.1) is 0 Å². The van der Waals surface area contributed by atoms with Crippen molar-refractivity contribution >= 4 is 16.6 Å². The van der Waals surface area contributed by atoms with E-state index in [0.717, 1.165) is 47.7 Å². The summed E-state index contributed by atoms with van der Waals surface area (Å²) in [5.74, 6) is 0.797. The maximum absolute atomic E-state index is 13.2. The van der Waals surface area contributed by atoms with Crippen LogP contribution in [-0.4, -0.2) is 16.1 Å². The molecule has 0 fully saturated rings. The number of allylic oxidation sites excluding steroid dienone is 1. The number of aromatic nitrogens is 2. The molecule has 0 atom stereocenters. The number of hydrogen-bond donors (Lipinski definition) is 2. The summed E-state index contributed by atoms with van der Waals surface area (Å²) in [6, 6.07) is 15.7. The zero-order chi connectivity index (χ0) is 18.1. The molecule has 0 saturated heterocycles. The highest BCUT2D eigenvalue weighted by Gasteiger charge is 2.22. The summed E-state index contributed by atoms with van der Waals surface area (Å²) in [5.41, 5.74) is 5.07. The number of nitrogens with zero attached hydrogens (tertiary/aromatic N) is 2. The maximum Gasteiger partial charge on any atom is 0.265 e. The molecule has 27 heavy (non-hydrogen) atoms. The quantitative estimate of drug-likeness (QED) is 0.681. The zero-order valence-electron chi connectivity index (χ0n) is 16.0. The SMILES string of the molecule is CCCCNC1=C(C)Cc2nc3ccccc3c(=O)n2-c2ccccc21.N. The number of unbranched alkanes of at least 4 members (excludes halogenated alkanes) is 1. The van der Waals surface area contributed by atoms with Crippen molar-refractivity contribution < 1.29 is 0 Å². The minimum absolute atomic E-state index is 0. The van der Waals surface area contributed by atoms with E-state index in [2.05, 4.69) is 25.2 Å². The van der Waals surface area contributed by atoms with Crippen LogP contribution < -0.4 is 17.0 Å². The van der Waals surface area contributed by atoms with Crippen LogP contribution in [0.25, 0.3) is 22.3 Å². The Morgan fingerprint density at radius 3 is 2.67 bits per heavy atom. The summed E-state index contributed by atoms with van der Waals surface area (Å²) in [6.07, 6.45) is 2.92. The fraction of sp³-hybridized carbons (Fsp3) is 0.273. The van der Waals surface area contributed by atoms with Gasteiger partial charge in [0.1, 0.15) is 5.82 Å². The predicted molar refractivity (Wildman–Crippen MR) is 112 cm³/mol. The van der Waals surface area contributed by atoms with Crippen molar-refractivity contribution in [3.05, 3.63) is 75.8 Å². The second-order valence-electron chi connectivity index (χ2n) is 6.82. The van der Waals surface area contributed by atoms with Crippen molar-refractivity contribution in [2.45, 2.75) is 33.1 Å². The summed E-state index contributed by atoms with van der Waals surface area (Å²) in [5, 5.41) is 4.26. The topological polar surface area (TPSA) is 81.9 Å². The van der Waals surface area contributed by atoms with Crippen LogP contribution in [0.5, 0.6) is 0 Å². The molecule has 1 aliphatic rings. The van der Waals surface area contributed by atoms with E-state index in [1.54, 1.807) is 4.57 Å². The molecule has 0 spiro atoms. The van der Waals surface area contributed by atoms with E-state index in [4.69, 9.17) is 4.98 Å². The van der Waals surface area contributed by atoms with Crippen molar-refractivity contribution in [1.82, 2.24) is 21.0 Å². The molecule has 0 saturated carbocycles. The number of rotatable bonds is 4. The minimum atomic E-state index is 0. The van der Waals surface area contributed by atoms with Crippen molar-refractivity contribution in [3.63, 3.8) is 0 Å². The monoisotopic (exact) mass is 362 g/mol. The Morgan fingerprint density at radius 2 is 1.85 bits per heavy atom. The molecule has 1 aliphatic heterocycles. The maximum atomic E-state index is 13.2. The Balaban J connectivity index is 0.00000210. The predicted octanol–water partition coefficient (Wildman–Crippen LogP) is 4.22.